The van der Waals surface area contributed by atoms with Gasteiger partial charge < -0.3 is 9.64 Å². The van der Waals surface area contributed by atoms with Crippen molar-refractivity contribution in [1.29, 1.82) is 0 Å². The van der Waals surface area contributed by atoms with Crippen LogP contribution in [0.15, 0.2) is 24.3 Å². The second-order valence-corrected chi connectivity index (χ2v) is 4.31. The lowest BCUT2D eigenvalue weighted by Gasteiger charge is -2.33. The lowest BCUT2D eigenvalue weighted by Crippen LogP contribution is -2.35. The van der Waals surface area contributed by atoms with Crippen LogP contribution in [0.4, 0.5) is 5.69 Å². The molecule has 2 heterocycles. The number of fused-ring (bicyclic) bond motifs is 3. The monoisotopic (exact) mass is 203 g/mol. The summed E-state index contributed by atoms with van der Waals surface area (Å²) >= 11 is 0. The Morgan fingerprint density at radius 3 is 3.07 bits per heavy atom. The van der Waals surface area contributed by atoms with Crippen molar-refractivity contribution in [3.63, 3.8) is 0 Å². The van der Waals surface area contributed by atoms with E-state index in [2.05, 4.69) is 18.0 Å². The number of rotatable bonds is 0. The maximum absolute atomic E-state index is 11.6. The van der Waals surface area contributed by atoms with Crippen LogP contribution in [0.3, 0.4) is 0 Å². The number of benzene rings is 1. The molecular formula is C12H13NO2. The lowest BCUT2D eigenvalue weighted by molar-refractivity contribution is -0.139. The summed E-state index contributed by atoms with van der Waals surface area (Å²) in [6.45, 7) is 1.48. The summed E-state index contributed by atoms with van der Waals surface area (Å²) in [7, 11) is 2.07. The summed E-state index contributed by atoms with van der Waals surface area (Å²) in [5, 5.41) is 0. The van der Waals surface area contributed by atoms with Crippen LogP contribution in [-0.4, -0.2) is 26.2 Å². The molecule has 1 aromatic rings. The van der Waals surface area contributed by atoms with Gasteiger partial charge in [-0.2, -0.15) is 0 Å². The van der Waals surface area contributed by atoms with Crippen LogP contribution < -0.4 is 4.90 Å². The predicted molar refractivity (Wildman–Crippen MR) is 56.9 cm³/mol. The van der Waals surface area contributed by atoms with Crippen molar-refractivity contribution in [2.45, 2.75) is 5.92 Å². The van der Waals surface area contributed by atoms with Gasteiger partial charge in [0.05, 0.1) is 12.5 Å². The first-order valence-electron chi connectivity index (χ1n) is 5.24. The fraction of sp³-hybridized carbons (Fsp3) is 0.417. The second-order valence-electron chi connectivity index (χ2n) is 4.31. The normalized spacial score (nSPS) is 28.3. The Labute approximate surface area is 88.6 Å². The molecule has 0 saturated carbocycles. The first-order chi connectivity index (χ1) is 7.27. The van der Waals surface area contributed by atoms with E-state index < -0.39 is 0 Å². The summed E-state index contributed by atoms with van der Waals surface area (Å²) in [5.74, 6) is 0.246. The highest BCUT2D eigenvalue weighted by Gasteiger charge is 2.42. The van der Waals surface area contributed by atoms with E-state index in [-0.39, 0.29) is 11.9 Å². The van der Waals surface area contributed by atoms with Crippen LogP contribution >= 0.6 is 0 Å². The highest BCUT2D eigenvalue weighted by atomic mass is 16.5. The van der Waals surface area contributed by atoms with Crippen molar-refractivity contribution in [1.82, 2.24) is 0 Å². The van der Waals surface area contributed by atoms with E-state index in [0.29, 0.717) is 12.5 Å². The predicted octanol–water partition coefficient (Wildman–Crippen LogP) is 1.39. The summed E-state index contributed by atoms with van der Waals surface area (Å²) in [4.78, 5) is 13.8. The maximum Gasteiger partial charge on any atom is 0.313 e. The van der Waals surface area contributed by atoms with Gasteiger partial charge in [0.1, 0.15) is 0 Å². The molecule has 0 aliphatic carbocycles. The smallest absolute Gasteiger partial charge is 0.313 e. The number of carbonyl (C=O) groups excluding carboxylic acids is 1. The molecule has 1 fully saturated rings. The Morgan fingerprint density at radius 2 is 2.20 bits per heavy atom. The highest BCUT2D eigenvalue weighted by molar-refractivity contribution is 5.84. The molecule has 0 aromatic heterocycles. The maximum atomic E-state index is 11.6. The SMILES string of the molecule is CN1C[C@@H]2COC(=O)[C@@H]2c2ccccc21. The zero-order valence-electron chi connectivity index (χ0n) is 8.64. The minimum absolute atomic E-state index is 0.0302. The molecular weight excluding hydrogens is 190 g/mol. The average Bonchev–Trinajstić information content (AvgIpc) is 2.61. The van der Waals surface area contributed by atoms with E-state index in [4.69, 9.17) is 4.74 Å². The molecule has 0 unspecified atom stereocenters. The van der Waals surface area contributed by atoms with Crippen molar-refractivity contribution in [2.24, 2.45) is 5.92 Å². The van der Waals surface area contributed by atoms with Gasteiger partial charge in [-0.1, -0.05) is 18.2 Å². The van der Waals surface area contributed by atoms with E-state index >= 15 is 0 Å². The third kappa shape index (κ3) is 1.16. The summed E-state index contributed by atoms with van der Waals surface area (Å²) in [6.07, 6.45) is 0. The molecule has 3 nitrogen and oxygen atoms in total. The highest BCUT2D eigenvalue weighted by Crippen LogP contribution is 2.41. The van der Waals surface area contributed by atoms with Crippen molar-refractivity contribution >= 4 is 11.7 Å². The number of nitrogens with zero attached hydrogens (tertiary/aromatic N) is 1. The first-order valence-corrected chi connectivity index (χ1v) is 5.24. The zero-order valence-corrected chi connectivity index (χ0v) is 8.64. The number of ether oxygens (including phenoxy) is 1. The molecule has 3 heteroatoms. The first kappa shape index (κ1) is 8.77. The Hall–Kier alpha value is -1.51. The second kappa shape index (κ2) is 2.99. The largest absolute Gasteiger partial charge is 0.465 e. The molecule has 15 heavy (non-hydrogen) atoms. The van der Waals surface area contributed by atoms with Crippen molar-refractivity contribution in [2.75, 3.05) is 25.1 Å². The number of hydrogen-bond acceptors (Lipinski definition) is 3. The number of hydrogen-bond donors (Lipinski definition) is 0. The fourth-order valence-corrected chi connectivity index (χ4v) is 2.65. The Morgan fingerprint density at radius 1 is 1.40 bits per heavy atom. The molecule has 78 valence electrons. The standard InChI is InChI=1S/C12H13NO2/c1-13-6-8-7-15-12(14)11(8)9-4-2-3-5-10(9)13/h2-5,8,11H,6-7H2,1H3/t8-,11+/m1/s1. The number of carbonyl (C=O) groups is 1. The summed E-state index contributed by atoms with van der Waals surface area (Å²) in [6, 6.07) is 8.10. The van der Waals surface area contributed by atoms with Crippen molar-refractivity contribution < 1.29 is 9.53 Å². The molecule has 2 atom stereocenters. The van der Waals surface area contributed by atoms with Gasteiger partial charge in [0.25, 0.3) is 0 Å². The topological polar surface area (TPSA) is 29.5 Å². The van der Waals surface area contributed by atoms with Gasteiger partial charge in [-0.05, 0) is 11.6 Å². The van der Waals surface area contributed by atoms with Crippen LogP contribution in [0.25, 0.3) is 0 Å². The van der Waals surface area contributed by atoms with Crippen molar-refractivity contribution in [3.05, 3.63) is 29.8 Å². The van der Waals surface area contributed by atoms with Gasteiger partial charge >= 0.3 is 5.97 Å². The third-order valence-corrected chi connectivity index (χ3v) is 3.36. The van der Waals surface area contributed by atoms with Crippen LogP contribution in [0.5, 0.6) is 0 Å². The third-order valence-electron chi connectivity index (χ3n) is 3.36. The van der Waals surface area contributed by atoms with E-state index in [1.807, 2.05) is 18.2 Å². The minimum Gasteiger partial charge on any atom is -0.465 e. The van der Waals surface area contributed by atoms with E-state index in [1.54, 1.807) is 0 Å². The molecule has 0 radical (unpaired) electrons. The van der Waals surface area contributed by atoms with Gasteiger partial charge in [-0.25, -0.2) is 0 Å². The molecule has 0 bridgehead atoms. The molecule has 3 rings (SSSR count). The van der Waals surface area contributed by atoms with Crippen LogP contribution in [0.1, 0.15) is 11.5 Å². The Balaban J connectivity index is 2.13. The van der Waals surface area contributed by atoms with Gasteiger partial charge in [-0.3, -0.25) is 4.79 Å². The molecule has 0 spiro atoms. The van der Waals surface area contributed by atoms with Gasteiger partial charge in [-0.15, -0.1) is 0 Å². The molecule has 1 aromatic carbocycles. The van der Waals surface area contributed by atoms with Crippen LogP contribution in [0, 0.1) is 5.92 Å². The molecule has 2 aliphatic rings. The van der Waals surface area contributed by atoms with E-state index in [1.165, 1.54) is 0 Å². The lowest BCUT2D eigenvalue weighted by atomic mass is 9.83. The van der Waals surface area contributed by atoms with Gasteiger partial charge in [0, 0.05) is 25.2 Å². The van der Waals surface area contributed by atoms with Crippen LogP contribution in [0.2, 0.25) is 0 Å². The summed E-state index contributed by atoms with van der Waals surface area (Å²) in [5.41, 5.74) is 2.29. The molecule has 0 amide bonds. The number of para-hydroxylation sites is 1. The van der Waals surface area contributed by atoms with Crippen molar-refractivity contribution in [3.8, 4) is 0 Å². The number of anilines is 1. The quantitative estimate of drug-likeness (QED) is 0.597. The minimum atomic E-state index is -0.0550. The molecule has 1 saturated heterocycles. The van der Waals surface area contributed by atoms with E-state index in [9.17, 15) is 4.79 Å². The summed E-state index contributed by atoms with van der Waals surface area (Å²) < 4.78 is 5.14. The van der Waals surface area contributed by atoms with E-state index in [0.717, 1.165) is 17.8 Å². The van der Waals surface area contributed by atoms with Crippen LogP contribution in [-0.2, 0) is 9.53 Å². The molecule has 0 N–H and O–H groups in total. The Kier molecular flexibility index (Phi) is 1.75. The van der Waals surface area contributed by atoms with Gasteiger partial charge in [0.15, 0.2) is 0 Å². The number of cyclic esters (lactones) is 1. The Bertz CT molecular complexity index is 416. The zero-order chi connectivity index (χ0) is 10.4. The molecule has 2 aliphatic heterocycles. The van der Waals surface area contributed by atoms with Gasteiger partial charge in [0.2, 0.25) is 0 Å². The number of esters is 1. The average molecular weight is 203 g/mol. The fourth-order valence-electron chi connectivity index (χ4n) is 2.65.